The molecule has 0 aromatic heterocycles. The van der Waals surface area contributed by atoms with E-state index in [0.29, 0.717) is 51.9 Å². The number of hydrogen-bond acceptors (Lipinski definition) is 6. The fraction of sp³-hybridized carbons (Fsp3) is 0.310. The van der Waals surface area contributed by atoms with Gasteiger partial charge in [-0.05, 0) is 60.0 Å². The Hall–Kier alpha value is -4.20. The maximum absolute atomic E-state index is 14.0. The van der Waals surface area contributed by atoms with Crippen molar-refractivity contribution in [3.05, 3.63) is 77.4 Å². The number of hydrogen-bond donors (Lipinski definition) is 1. The lowest BCUT2D eigenvalue weighted by molar-refractivity contribution is -0.119. The highest BCUT2D eigenvalue weighted by atomic mass is 16.5. The van der Waals surface area contributed by atoms with Gasteiger partial charge in [-0.3, -0.25) is 9.59 Å². The van der Waals surface area contributed by atoms with Crippen LogP contribution in [0.2, 0.25) is 0 Å². The second kappa shape index (κ2) is 11.2. The number of amides is 2. The minimum Gasteiger partial charge on any atom is -0.497 e. The first-order valence-electron chi connectivity index (χ1n) is 12.1. The lowest BCUT2D eigenvalue weighted by Crippen LogP contribution is -2.46. The Morgan fingerprint density at radius 1 is 0.892 bits per heavy atom. The van der Waals surface area contributed by atoms with Crippen LogP contribution in [0.5, 0.6) is 23.0 Å². The van der Waals surface area contributed by atoms with Gasteiger partial charge >= 0.3 is 0 Å². The zero-order valence-electron chi connectivity index (χ0n) is 21.7. The van der Waals surface area contributed by atoms with E-state index in [0.717, 1.165) is 6.42 Å². The smallest absolute Gasteiger partial charge is 0.254 e. The van der Waals surface area contributed by atoms with Crippen molar-refractivity contribution < 1.29 is 28.5 Å². The van der Waals surface area contributed by atoms with Crippen LogP contribution in [-0.4, -0.2) is 51.7 Å². The van der Waals surface area contributed by atoms with Crippen LogP contribution < -0.4 is 24.3 Å². The number of carbonyl (C=O) groups excluding carboxylic acids is 2. The molecule has 0 radical (unpaired) electrons. The minimum atomic E-state index is -0.689. The first-order valence-corrected chi connectivity index (χ1v) is 12.1. The summed E-state index contributed by atoms with van der Waals surface area (Å²) in [5.41, 5.74) is 2.53. The van der Waals surface area contributed by atoms with Crippen molar-refractivity contribution in [2.24, 2.45) is 0 Å². The van der Waals surface area contributed by atoms with E-state index in [4.69, 9.17) is 18.9 Å². The van der Waals surface area contributed by atoms with Gasteiger partial charge in [0.15, 0.2) is 11.5 Å². The number of nitrogens with zero attached hydrogens (tertiary/aromatic N) is 1. The standard InChI is InChI=1S/C29H32N2O6/c1-6-15-31-26(18-16-23(35-3)27(37-5)24(17-18)36-4)25(21-9-7-8-10-22(21)29(31)33)28(32)30-19-11-13-20(34-2)14-12-19/h7-14,16-17,25-26H,6,15H2,1-5H3,(H,30,32). The number of anilines is 1. The van der Waals surface area contributed by atoms with Crippen molar-refractivity contribution >= 4 is 17.5 Å². The Morgan fingerprint density at radius 2 is 1.54 bits per heavy atom. The molecular formula is C29H32N2O6. The van der Waals surface area contributed by atoms with Gasteiger partial charge in [-0.1, -0.05) is 25.1 Å². The molecule has 2 unspecified atom stereocenters. The molecule has 3 aromatic rings. The van der Waals surface area contributed by atoms with E-state index in [1.165, 1.54) is 7.11 Å². The monoisotopic (exact) mass is 504 g/mol. The summed E-state index contributed by atoms with van der Waals surface area (Å²) in [6.45, 7) is 2.48. The molecule has 1 heterocycles. The van der Waals surface area contributed by atoms with Crippen molar-refractivity contribution in [1.82, 2.24) is 4.90 Å². The average Bonchev–Trinajstić information content (AvgIpc) is 2.93. The van der Waals surface area contributed by atoms with Gasteiger partial charge in [0.1, 0.15) is 5.75 Å². The molecule has 8 heteroatoms. The third-order valence-corrected chi connectivity index (χ3v) is 6.57. The van der Waals surface area contributed by atoms with E-state index in [1.54, 1.807) is 56.6 Å². The summed E-state index contributed by atoms with van der Waals surface area (Å²) in [6, 6.07) is 17.5. The fourth-order valence-corrected chi connectivity index (χ4v) is 4.90. The molecule has 4 rings (SSSR count). The molecular weight excluding hydrogens is 472 g/mol. The van der Waals surface area contributed by atoms with Crippen LogP contribution in [0.4, 0.5) is 5.69 Å². The van der Waals surface area contributed by atoms with E-state index < -0.39 is 12.0 Å². The van der Waals surface area contributed by atoms with Gasteiger partial charge in [-0.15, -0.1) is 0 Å². The Bertz CT molecular complexity index is 1250. The number of nitrogens with one attached hydrogen (secondary N) is 1. The van der Waals surface area contributed by atoms with E-state index >= 15 is 0 Å². The first-order chi connectivity index (χ1) is 18.0. The van der Waals surface area contributed by atoms with Crippen LogP contribution in [0.1, 0.15) is 46.8 Å². The molecule has 2 atom stereocenters. The molecule has 1 N–H and O–H groups in total. The van der Waals surface area contributed by atoms with Crippen molar-refractivity contribution in [1.29, 1.82) is 0 Å². The number of fused-ring (bicyclic) bond motifs is 1. The summed E-state index contributed by atoms with van der Waals surface area (Å²) in [5.74, 6) is 0.997. The van der Waals surface area contributed by atoms with Crippen LogP contribution in [0, 0.1) is 0 Å². The summed E-state index contributed by atoms with van der Waals surface area (Å²) >= 11 is 0. The predicted molar refractivity (Wildman–Crippen MR) is 141 cm³/mol. The number of benzene rings is 3. The normalized spacial score (nSPS) is 16.6. The topological polar surface area (TPSA) is 86.3 Å². The van der Waals surface area contributed by atoms with Crippen LogP contribution in [0.15, 0.2) is 60.7 Å². The molecule has 0 spiro atoms. The van der Waals surface area contributed by atoms with Gasteiger partial charge in [-0.2, -0.15) is 0 Å². The Balaban J connectivity index is 1.88. The molecule has 0 fully saturated rings. The third kappa shape index (κ3) is 4.91. The van der Waals surface area contributed by atoms with E-state index in [9.17, 15) is 9.59 Å². The zero-order valence-corrected chi connectivity index (χ0v) is 21.7. The summed E-state index contributed by atoms with van der Waals surface area (Å²) in [6.07, 6.45) is 0.724. The molecule has 8 nitrogen and oxygen atoms in total. The SMILES string of the molecule is CCCN1C(=O)c2ccccc2C(C(=O)Nc2ccc(OC)cc2)C1c1cc(OC)c(OC)c(OC)c1. The molecule has 2 amide bonds. The molecule has 0 saturated heterocycles. The van der Waals surface area contributed by atoms with Crippen molar-refractivity contribution in [3.8, 4) is 23.0 Å². The van der Waals surface area contributed by atoms with Gasteiger partial charge < -0.3 is 29.2 Å². The van der Waals surface area contributed by atoms with Crippen molar-refractivity contribution in [2.75, 3.05) is 40.3 Å². The first kappa shape index (κ1) is 25.9. The second-order valence-corrected chi connectivity index (χ2v) is 8.68. The second-order valence-electron chi connectivity index (χ2n) is 8.68. The van der Waals surface area contributed by atoms with Crippen LogP contribution >= 0.6 is 0 Å². The summed E-state index contributed by atoms with van der Waals surface area (Å²) in [7, 11) is 6.21. The van der Waals surface area contributed by atoms with Gasteiger partial charge in [0.25, 0.3) is 5.91 Å². The van der Waals surface area contributed by atoms with Gasteiger partial charge in [0.2, 0.25) is 11.7 Å². The number of methoxy groups -OCH3 is 4. The number of ether oxygens (including phenoxy) is 4. The molecule has 1 aliphatic rings. The van der Waals surface area contributed by atoms with Gasteiger partial charge in [0, 0.05) is 17.8 Å². The van der Waals surface area contributed by atoms with E-state index in [-0.39, 0.29) is 11.8 Å². The molecule has 0 aliphatic carbocycles. The van der Waals surface area contributed by atoms with E-state index in [2.05, 4.69) is 5.32 Å². The number of carbonyl (C=O) groups is 2. The molecule has 194 valence electrons. The Kier molecular flexibility index (Phi) is 7.86. The van der Waals surface area contributed by atoms with Gasteiger partial charge in [-0.25, -0.2) is 0 Å². The quantitative estimate of drug-likeness (QED) is 0.439. The fourth-order valence-electron chi connectivity index (χ4n) is 4.90. The highest BCUT2D eigenvalue weighted by molar-refractivity contribution is 6.04. The largest absolute Gasteiger partial charge is 0.497 e. The summed E-state index contributed by atoms with van der Waals surface area (Å²) in [5, 5.41) is 3.04. The summed E-state index contributed by atoms with van der Waals surface area (Å²) < 4.78 is 21.9. The van der Waals surface area contributed by atoms with Crippen molar-refractivity contribution in [2.45, 2.75) is 25.3 Å². The Morgan fingerprint density at radius 3 is 2.11 bits per heavy atom. The molecule has 1 aliphatic heterocycles. The average molecular weight is 505 g/mol. The van der Waals surface area contributed by atoms with Gasteiger partial charge in [0.05, 0.1) is 40.4 Å². The number of rotatable bonds is 9. The molecule has 0 saturated carbocycles. The highest BCUT2D eigenvalue weighted by Crippen LogP contribution is 2.47. The highest BCUT2D eigenvalue weighted by Gasteiger charge is 2.44. The van der Waals surface area contributed by atoms with E-state index in [1.807, 2.05) is 37.3 Å². The lowest BCUT2D eigenvalue weighted by Gasteiger charge is -2.42. The maximum Gasteiger partial charge on any atom is 0.254 e. The van der Waals surface area contributed by atoms with Crippen LogP contribution in [0.3, 0.4) is 0 Å². The van der Waals surface area contributed by atoms with Crippen LogP contribution in [0.25, 0.3) is 0 Å². The lowest BCUT2D eigenvalue weighted by atomic mass is 9.78. The molecule has 3 aromatic carbocycles. The zero-order chi connectivity index (χ0) is 26.5. The van der Waals surface area contributed by atoms with Crippen molar-refractivity contribution in [3.63, 3.8) is 0 Å². The Labute approximate surface area is 217 Å². The molecule has 0 bridgehead atoms. The molecule has 37 heavy (non-hydrogen) atoms. The van der Waals surface area contributed by atoms with Crippen LogP contribution in [-0.2, 0) is 4.79 Å². The minimum absolute atomic E-state index is 0.121. The maximum atomic E-state index is 14.0. The predicted octanol–water partition coefficient (Wildman–Crippen LogP) is 5.05. The summed E-state index contributed by atoms with van der Waals surface area (Å²) in [4.78, 5) is 29.5. The third-order valence-electron chi connectivity index (χ3n) is 6.57.